The Hall–Kier alpha value is -3.82. The van der Waals surface area contributed by atoms with Gasteiger partial charge in [0.05, 0.1) is 13.1 Å². The predicted octanol–water partition coefficient (Wildman–Crippen LogP) is -0.411. The first-order chi connectivity index (χ1) is 14.0. The van der Waals surface area contributed by atoms with E-state index in [-0.39, 0.29) is 26.4 Å². The van der Waals surface area contributed by atoms with Gasteiger partial charge in [-0.1, -0.05) is 18.2 Å². The third-order valence-corrected chi connectivity index (χ3v) is 4.24. The normalized spacial score (nSPS) is 11.9. The summed E-state index contributed by atoms with van der Waals surface area (Å²) in [5, 5.41) is 2.64. The molecule has 0 unspecified atom stereocenters. The molecule has 2 heterocycles. The summed E-state index contributed by atoms with van der Waals surface area (Å²) in [6, 6.07) is 5.23. The predicted molar refractivity (Wildman–Crippen MR) is 104 cm³/mol. The molecule has 1 amide bonds. The van der Waals surface area contributed by atoms with Crippen LogP contribution in [0.5, 0.6) is 11.5 Å². The SMILES string of the molecule is C=CCn1c(=O)n(CC=C)c(=O)n(CC(=O)NCc2ccc3c(c2)OCO3)c1=O. The fourth-order valence-corrected chi connectivity index (χ4v) is 2.84. The van der Waals surface area contributed by atoms with E-state index in [9.17, 15) is 19.2 Å². The Bertz CT molecular complexity index is 1090. The van der Waals surface area contributed by atoms with Gasteiger partial charge in [-0.2, -0.15) is 0 Å². The Kier molecular flexibility index (Phi) is 5.82. The van der Waals surface area contributed by atoms with E-state index in [0.717, 1.165) is 14.7 Å². The van der Waals surface area contributed by atoms with Crippen molar-refractivity contribution in [2.75, 3.05) is 6.79 Å². The van der Waals surface area contributed by atoms with Gasteiger partial charge in [-0.05, 0) is 17.7 Å². The summed E-state index contributed by atoms with van der Waals surface area (Å²) < 4.78 is 12.9. The summed E-state index contributed by atoms with van der Waals surface area (Å²) in [5.41, 5.74) is -1.77. The lowest BCUT2D eigenvalue weighted by atomic mass is 10.2. The van der Waals surface area contributed by atoms with Crippen LogP contribution in [-0.4, -0.2) is 26.4 Å². The fourth-order valence-electron chi connectivity index (χ4n) is 2.84. The molecule has 0 atom stereocenters. The van der Waals surface area contributed by atoms with Crippen molar-refractivity contribution in [1.82, 2.24) is 19.0 Å². The van der Waals surface area contributed by atoms with Crippen molar-refractivity contribution < 1.29 is 14.3 Å². The second-order valence-electron chi connectivity index (χ2n) is 6.20. The quantitative estimate of drug-likeness (QED) is 0.603. The van der Waals surface area contributed by atoms with Crippen LogP contribution in [0.1, 0.15) is 5.56 Å². The molecule has 1 aromatic heterocycles. The van der Waals surface area contributed by atoms with E-state index < -0.39 is 29.5 Å². The number of benzene rings is 1. The summed E-state index contributed by atoms with van der Waals surface area (Å²) in [7, 11) is 0. The molecular weight excluding hydrogens is 380 g/mol. The molecule has 1 aliphatic rings. The number of carbonyl (C=O) groups excluding carboxylic acids is 1. The highest BCUT2D eigenvalue weighted by molar-refractivity contribution is 5.75. The Labute approximate surface area is 164 Å². The monoisotopic (exact) mass is 400 g/mol. The number of nitrogens with zero attached hydrogens (tertiary/aromatic N) is 3. The van der Waals surface area contributed by atoms with Crippen molar-refractivity contribution in [3.8, 4) is 11.5 Å². The molecule has 0 bridgehead atoms. The van der Waals surface area contributed by atoms with Crippen LogP contribution in [0.25, 0.3) is 0 Å². The van der Waals surface area contributed by atoms with Gasteiger partial charge in [-0.25, -0.2) is 28.1 Å². The highest BCUT2D eigenvalue weighted by atomic mass is 16.7. The number of ether oxygens (including phenoxy) is 2. The van der Waals surface area contributed by atoms with Crippen molar-refractivity contribution in [1.29, 1.82) is 0 Å². The molecule has 1 aromatic carbocycles. The molecule has 2 aromatic rings. The van der Waals surface area contributed by atoms with Gasteiger partial charge in [0.15, 0.2) is 11.5 Å². The van der Waals surface area contributed by atoms with Gasteiger partial charge < -0.3 is 14.8 Å². The van der Waals surface area contributed by atoms with Crippen LogP contribution < -0.4 is 31.9 Å². The summed E-state index contributed by atoms with van der Waals surface area (Å²) >= 11 is 0. The maximum atomic E-state index is 12.5. The molecule has 0 spiro atoms. The van der Waals surface area contributed by atoms with Gasteiger partial charge in [-0.15, -0.1) is 13.2 Å². The van der Waals surface area contributed by atoms with Crippen LogP contribution >= 0.6 is 0 Å². The first-order valence-corrected chi connectivity index (χ1v) is 8.77. The Morgan fingerprint density at radius 2 is 1.55 bits per heavy atom. The van der Waals surface area contributed by atoms with Crippen molar-refractivity contribution >= 4 is 5.91 Å². The third-order valence-electron chi connectivity index (χ3n) is 4.24. The van der Waals surface area contributed by atoms with Crippen LogP contribution in [0.3, 0.4) is 0 Å². The van der Waals surface area contributed by atoms with Crippen molar-refractivity contribution in [3.05, 3.63) is 80.5 Å². The zero-order valence-electron chi connectivity index (χ0n) is 15.6. The molecule has 0 radical (unpaired) electrons. The molecule has 152 valence electrons. The van der Waals surface area contributed by atoms with E-state index in [4.69, 9.17) is 9.47 Å². The highest BCUT2D eigenvalue weighted by Crippen LogP contribution is 2.32. The lowest BCUT2D eigenvalue weighted by Gasteiger charge is -2.12. The number of fused-ring (bicyclic) bond motifs is 1. The molecule has 0 saturated heterocycles. The van der Waals surface area contributed by atoms with E-state index in [0.29, 0.717) is 16.1 Å². The summed E-state index contributed by atoms with van der Waals surface area (Å²) in [6.07, 6.45) is 2.71. The summed E-state index contributed by atoms with van der Waals surface area (Å²) in [4.78, 5) is 49.7. The smallest absolute Gasteiger partial charge is 0.337 e. The minimum absolute atomic E-state index is 0.0894. The van der Waals surface area contributed by atoms with Crippen molar-refractivity contribution in [2.45, 2.75) is 26.2 Å². The Morgan fingerprint density at radius 3 is 2.17 bits per heavy atom. The van der Waals surface area contributed by atoms with E-state index in [1.165, 1.54) is 12.2 Å². The Morgan fingerprint density at radius 1 is 0.966 bits per heavy atom. The lowest BCUT2D eigenvalue weighted by molar-refractivity contribution is -0.122. The number of hydrogen-bond donors (Lipinski definition) is 1. The number of aromatic nitrogens is 3. The first-order valence-electron chi connectivity index (χ1n) is 8.77. The van der Waals surface area contributed by atoms with Gasteiger partial charge in [0.25, 0.3) is 0 Å². The van der Waals surface area contributed by atoms with E-state index in [1.54, 1.807) is 18.2 Å². The van der Waals surface area contributed by atoms with Gasteiger partial charge in [-0.3, -0.25) is 4.79 Å². The number of hydrogen-bond acceptors (Lipinski definition) is 6. The highest BCUT2D eigenvalue weighted by Gasteiger charge is 2.17. The van der Waals surface area contributed by atoms with Gasteiger partial charge in [0.1, 0.15) is 6.54 Å². The second kappa shape index (κ2) is 8.46. The fraction of sp³-hybridized carbons (Fsp3) is 0.263. The summed E-state index contributed by atoms with van der Waals surface area (Å²) in [5.74, 6) is 0.645. The average molecular weight is 400 g/mol. The number of carbonyl (C=O) groups is 1. The zero-order chi connectivity index (χ0) is 21.0. The molecular formula is C19H20N4O6. The molecule has 10 heteroatoms. The first kappa shape index (κ1) is 19.9. The lowest BCUT2D eigenvalue weighted by Crippen LogP contribution is -2.55. The molecule has 0 aliphatic carbocycles. The van der Waals surface area contributed by atoms with E-state index in [1.807, 2.05) is 0 Å². The van der Waals surface area contributed by atoms with Gasteiger partial charge in [0.2, 0.25) is 12.7 Å². The molecule has 3 rings (SSSR count). The molecule has 0 fully saturated rings. The zero-order valence-corrected chi connectivity index (χ0v) is 15.6. The topological polar surface area (TPSA) is 114 Å². The third kappa shape index (κ3) is 4.05. The molecule has 29 heavy (non-hydrogen) atoms. The van der Waals surface area contributed by atoms with Crippen LogP contribution in [0, 0.1) is 0 Å². The molecule has 1 aliphatic heterocycles. The summed E-state index contributed by atoms with van der Waals surface area (Å²) in [6.45, 7) is 6.60. The number of amides is 1. The van der Waals surface area contributed by atoms with Crippen molar-refractivity contribution in [2.24, 2.45) is 0 Å². The number of rotatable bonds is 8. The minimum Gasteiger partial charge on any atom is -0.454 e. The Balaban J connectivity index is 1.81. The van der Waals surface area contributed by atoms with Gasteiger partial charge in [0, 0.05) is 6.54 Å². The van der Waals surface area contributed by atoms with E-state index >= 15 is 0 Å². The average Bonchev–Trinajstić information content (AvgIpc) is 3.18. The molecule has 1 N–H and O–H groups in total. The van der Waals surface area contributed by atoms with E-state index in [2.05, 4.69) is 18.5 Å². The number of allylic oxidation sites excluding steroid dienone is 2. The van der Waals surface area contributed by atoms with Crippen molar-refractivity contribution in [3.63, 3.8) is 0 Å². The van der Waals surface area contributed by atoms with Crippen LogP contribution in [0.2, 0.25) is 0 Å². The van der Waals surface area contributed by atoms with Gasteiger partial charge >= 0.3 is 17.1 Å². The minimum atomic E-state index is -0.876. The second-order valence-corrected chi connectivity index (χ2v) is 6.20. The number of nitrogens with one attached hydrogen (secondary N) is 1. The maximum Gasteiger partial charge on any atom is 0.337 e. The van der Waals surface area contributed by atoms with Crippen LogP contribution in [0.15, 0.2) is 57.9 Å². The van der Waals surface area contributed by atoms with Crippen LogP contribution in [0.4, 0.5) is 0 Å². The largest absolute Gasteiger partial charge is 0.454 e. The standard InChI is InChI=1S/C19H20N4O6/c1-3-7-21-17(25)22(8-4-2)19(27)23(18(21)26)11-16(24)20-10-13-5-6-14-15(9-13)29-12-28-14/h3-6,9H,1-2,7-8,10-12H2,(H,20,24). The molecule has 10 nitrogen and oxygen atoms in total. The van der Waals surface area contributed by atoms with Crippen LogP contribution in [-0.2, 0) is 31.0 Å². The maximum absolute atomic E-state index is 12.5. The molecule has 0 saturated carbocycles.